The van der Waals surface area contributed by atoms with E-state index in [4.69, 9.17) is 16.1 Å². The molecule has 0 spiro atoms. The van der Waals surface area contributed by atoms with Gasteiger partial charge < -0.3 is 4.52 Å². The van der Waals surface area contributed by atoms with Gasteiger partial charge in [0.2, 0.25) is 0 Å². The van der Waals surface area contributed by atoms with Gasteiger partial charge in [-0.1, -0.05) is 28.9 Å². The van der Waals surface area contributed by atoms with Gasteiger partial charge in [-0.15, -0.1) is 0 Å². The molecule has 0 bridgehead atoms. The number of benzene rings is 1. The Morgan fingerprint density at radius 2 is 1.83 bits per heavy atom. The van der Waals surface area contributed by atoms with Crippen LogP contribution in [0.2, 0.25) is 5.02 Å². The van der Waals surface area contributed by atoms with Crippen LogP contribution in [-0.4, -0.2) is 15.1 Å². The zero-order chi connectivity index (χ0) is 12.4. The zero-order valence-corrected chi connectivity index (χ0v) is 10.0. The fourth-order valence-electron chi connectivity index (χ4n) is 1.62. The summed E-state index contributed by atoms with van der Waals surface area (Å²) in [6.45, 7) is 0. The molecule has 0 amide bonds. The van der Waals surface area contributed by atoms with Gasteiger partial charge in [0.1, 0.15) is 12.0 Å². The molecule has 0 aliphatic heterocycles. The van der Waals surface area contributed by atoms with E-state index in [1.165, 1.54) is 6.33 Å². The van der Waals surface area contributed by atoms with Crippen molar-refractivity contribution in [1.29, 1.82) is 0 Å². The maximum atomic E-state index is 5.94. The Bertz CT molecular complexity index is 667. The highest BCUT2D eigenvalue weighted by molar-refractivity contribution is 6.30. The molecule has 0 aliphatic carbocycles. The summed E-state index contributed by atoms with van der Waals surface area (Å²) in [5.74, 6) is 0.630. The number of halogens is 1. The van der Waals surface area contributed by atoms with Crippen molar-refractivity contribution in [2.24, 2.45) is 0 Å². The number of hydrogen-bond acceptors (Lipinski definition) is 4. The van der Waals surface area contributed by atoms with Crippen LogP contribution in [0, 0.1) is 0 Å². The molecule has 0 N–H and O–H groups in total. The summed E-state index contributed by atoms with van der Waals surface area (Å²) < 4.78 is 5.27. The molecule has 0 fully saturated rings. The normalized spacial score (nSPS) is 10.5. The molecule has 4 nitrogen and oxygen atoms in total. The molecule has 88 valence electrons. The maximum absolute atomic E-state index is 5.94. The van der Waals surface area contributed by atoms with Crippen LogP contribution in [-0.2, 0) is 0 Å². The fraction of sp³-hybridized carbons (Fsp3) is 0. The summed E-state index contributed by atoms with van der Waals surface area (Å²) in [4.78, 5) is 7.87. The summed E-state index contributed by atoms with van der Waals surface area (Å²) in [6, 6.07) is 9.29. The molecular formula is C13H8ClN3O. The number of hydrogen-bond donors (Lipinski definition) is 0. The maximum Gasteiger partial charge on any atom is 0.170 e. The molecule has 1 aromatic carbocycles. The van der Waals surface area contributed by atoms with Crippen LogP contribution < -0.4 is 0 Å². The van der Waals surface area contributed by atoms with Gasteiger partial charge in [-0.25, -0.2) is 9.97 Å². The van der Waals surface area contributed by atoms with E-state index in [1.54, 1.807) is 12.4 Å². The third-order valence-corrected chi connectivity index (χ3v) is 2.71. The van der Waals surface area contributed by atoms with Crippen LogP contribution in [0.3, 0.4) is 0 Å². The first-order chi connectivity index (χ1) is 8.83. The summed E-state index contributed by atoms with van der Waals surface area (Å²) >= 11 is 5.94. The lowest BCUT2D eigenvalue weighted by atomic mass is 10.1. The molecule has 18 heavy (non-hydrogen) atoms. The summed E-state index contributed by atoms with van der Waals surface area (Å²) in [6.07, 6.45) is 4.82. The topological polar surface area (TPSA) is 51.8 Å². The largest absolute Gasteiger partial charge is 0.356 e. The van der Waals surface area contributed by atoms with Gasteiger partial charge in [0.05, 0.1) is 5.56 Å². The van der Waals surface area contributed by atoms with Crippen molar-refractivity contribution >= 4 is 11.6 Å². The lowest BCUT2D eigenvalue weighted by Gasteiger charge is -1.94. The second-order valence-electron chi connectivity index (χ2n) is 3.71. The Kier molecular flexibility index (Phi) is 2.78. The SMILES string of the molecule is Clc1cccc(-c2cc(-c3cncnc3)on2)c1. The Morgan fingerprint density at radius 3 is 2.61 bits per heavy atom. The average Bonchev–Trinajstić information content (AvgIpc) is 2.89. The number of nitrogens with zero attached hydrogens (tertiary/aromatic N) is 3. The van der Waals surface area contributed by atoms with E-state index in [9.17, 15) is 0 Å². The minimum Gasteiger partial charge on any atom is -0.356 e. The van der Waals surface area contributed by atoms with Crippen LogP contribution in [0.1, 0.15) is 0 Å². The predicted molar refractivity (Wildman–Crippen MR) is 68.0 cm³/mol. The summed E-state index contributed by atoms with van der Waals surface area (Å²) in [5, 5.41) is 4.68. The van der Waals surface area contributed by atoms with Crippen LogP contribution in [0.25, 0.3) is 22.6 Å². The second-order valence-corrected chi connectivity index (χ2v) is 4.15. The Hall–Kier alpha value is -2.20. The molecule has 5 heteroatoms. The lowest BCUT2D eigenvalue weighted by molar-refractivity contribution is 0.434. The van der Waals surface area contributed by atoms with Crippen molar-refractivity contribution < 1.29 is 4.52 Å². The first-order valence-electron chi connectivity index (χ1n) is 5.31. The second kappa shape index (κ2) is 4.58. The van der Waals surface area contributed by atoms with Gasteiger partial charge >= 0.3 is 0 Å². The lowest BCUT2D eigenvalue weighted by Crippen LogP contribution is -1.78. The summed E-state index contributed by atoms with van der Waals surface area (Å²) in [5.41, 5.74) is 2.43. The number of rotatable bonds is 2. The van der Waals surface area contributed by atoms with Gasteiger partial charge in [0.15, 0.2) is 5.76 Å². The molecule has 2 heterocycles. The Morgan fingerprint density at radius 1 is 1.00 bits per heavy atom. The molecule has 0 unspecified atom stereocenters. The van der Waals surface area contributed by atoms with Crippen molar-refractivity contribution in [2.45, 2.75) is 0 Å². The van der Waals surface area contributed by atoms with E-state index in [0.29, 0.717) is 10.8 Å². The minimum atomic E-state index is 0.630. The quantitative estimate of drug-likeness (QED) is 0.706. The van der Waals surface area contributed by atoms with Crippen LogP contribution in [0.5, 0.6) is 0 Å². The molecule has 3 rings (SSSR count). The van der Waals surface area contributed by atoms with E-state index in [0.717, 1.165) is 16.8 Å². The molecular weight excluding hydrogens is 250 g/mol. The van der Waals surface area contributed by atoms with Gasteiger partial charge in [-0.2, -0.15) is 0 Å². The van der Waals surface area contributed by atoms with E-state index < -0.39 is 0 Å². The third kappa shape index (κ3) is 2.10. The molecule has 0 aliphatic rings. The van der Waals surface area contributed by atoms with E-state index >= 15 is 0 Å². The van der Waals surface area contributed by atoms with E-state index in [2.05, 4.69) is 15.1 Å². The van der Waals surface area contributed by atoms with Gasteiger partial charge in [0, 0.05) is 29.0 Å². The first-order valence-corrected chi connectivity index (χ1v) is 5.69. The standard InChI is InChI=1S/C13H8ClN3O/c14-11-3-1-2-9(4-11)12-5-13(18-17-12)10-6-15-8-16-7-10/h1-8H. The van der Waals surface area contributed by atoms with Gasteiger partial charge in [-0.3, -0.25) is 0 Å². The van der Waals surface area contributed by atoms with Crippen molar-refractivity contribution in [2.75, 3.05) is 0 Å². The molecule has 2 aromatic heterocycles. The van der Waals surface area contributed by atoms with Gasteiger partial charge in [0.25, 0.3) is 0 Å². The highest BCUT2D eigenvalue weighted by Crippen LogP contribution is 2.26. The van der Waals surface area contributed by atoms with E-state index in [1.807, 2.05) is 30.3 Å². The van der Waals surface area contributed by atoms with Crippen LogP contribution in [0.15, 0.2) is 53.6 Å². The Labute approximate surface area is 108 Å². The summed E-state index contributed by atoms with van der Waals surface area (Å²) in [7, 11) is 0. The highest BCUT2D eigenvalue weighted by atomic mass is 35.5. The average molecular weight is 258 g/mol. The highest BCUT2D eigenvalue weighted by Gasteiger charge is 2.08. The first kappa shape index (κ1) is 10.9. The third-order valence-electron chi connectivity index (χ3n) is 2.48. The number of aromatic nitrogens is 3. The van der Waals surface area contributed by atoms with Crippen molar-refractivity contribution in [3.8, 4) is 22.6 Å². The monoisotopic (exact) mass is 257 g/mol. The molecule has 3 aromatic rings. The van der Waals surface area contributed by atoms with Crippen LogP contribution >= 0.6 is 11.6 Å². The molecule has 0 radical (unpaired) electrons. The van der Waals surface area contributed by atoms with Crippen molar-refractivity contribution in [3.63, 3.8) is 0 Å². The van der Waals surface area contributed by atoms with Crippen molar-refractivity contribution in [3.05, 3.63) is 54.1 Å². The molecule has 0 saturated carbocycles. The van der Waals surface area contributed by atoms with Crippen LogP contribution in [0.4, 0.5) is 0 Å². The fourth-order valence-corrected chi connectivity index (χ4v) is 1.81. The smallest absolute Gasteiger partial charge is 0.170 e. The van der Waals surface area contributed by atoms with Crippen molar-refractivity contribution in [1.82, 2.24) is 15.1 Å². The van der Waals surface area contributed by atoms with Gasteiger partial charge in [-0.05, 0) is 12.1 Å². The zero-order valence-electron chi connectivity index (χ0n) is 9.25. The Balaban J connectivity index is 2.00. The predicted octanol–water partition coefficient (Wildman–Crippen LogP) is 3.45. The minimum absolute atomic E-state index is 0.630. The molecule has 0 saturated heterocycles. The van der Waals surface area contributed by atoms with E-state index in [-0.39, 0.29) is 0 Å². The molecule has 0 atom stereocenters.